The van der Waals surface area contributed by atoms with Crippen molar-refractivity contribution in [1.29, 1.82) is 0 Å². The van der Waals surface area contributed by atoms with E-state index in [1.165, 1.54) is 0 Å². The maximum Gasteiger partial charge on any atom is 0.330 e. The largest absolute Gasteiger partial charge is 0.479 e. The smallest absolute Gasteiger partial charge is 0.330 e. The Kier molecular flexibility index (Phi) is 1.77. The SMILES string of the molecule is O=C(O)C1NC=Cc2[c]cccc21. The van der Waals surface area contributed by atoms with Crippen molar-refractivity contribution in [3.05, 3.63) is 41.6 Å². The molecule has 1 aliphatic rings. The molecular weight excluding hydrogens is 166 g/mol. The Morgan fingerprint density at radius 2 is 2.46 bits per heavy atom. The number of carboxylic acid groups (broad SMARTS) is 1. The van der Waals surface area contributed by atoms with Gasteiger partial charge in [0, 0.05) is 0 Å². The summed E-state index contributed by atoms with van der Waals surface area (Å²) in [7, 11) is 0. The summed E-state index contributed by atoms with van der Waals surface area (Å²) in [6.45, 7) is 0. The lowest BCUT2D eigenvalue weighted by Crippen LogP contribution is -2.27. The molecule has 0 saturated heterocycles. The predicted molar refractivity (Wildman–Crippen MR) is 47.8 cm³/mol. The van der Waals surface area contributed by atoms with Crippen LogP contribution < -0.4 is 5.32 Å². The Morgan fingerprint density at radius 1 is 1.62 bits per heavy atom. The fourth-order valence-corrected chi connectivity index (χ4v) is 1.38. The van der Waals surface area contributed by atoms with Crippen LogP contribution in [0.3, 0.4) is 0 Å². The summed E-state index contributed by atoms with van der Waals surface area (Å²) < 4.78 is 0. The second kappa shape index (κ2) is 2.94. The Morgan fingerprint density at radius 3 is 3.23 bits per heavy atom. The molecule has 1 aromatic carbocycles. The van der Waals surface area contributed by atoms with E-state index in [4.69, 9.17) is 5.11 Å². The van der Waals surface area contributed by atoms with Gasteiger partial charge in [-0.3, -0.25) is 0 Å². The molecule has 0 saturated carbocycles. The van der Waals surface area contributed by atoms with Crippen LogP contribution >= 0.6 is 0 Å². The summed E-state index contributed by atoms with van der Waals surface area (Å²) in [6, 6.07) is 7.69. The van der Waals surface area contributed by atoms with E-state index in [9.17, 15) is 4.79 Å². The third kappa shape index (κ3) is 1.28. The van der Waals surface area contributed by atoms with E-state index in [-0.39, 0.29) is 0 Å². The van der Waals surface area contributed by atoms with Gasteiger partial charge in [-0.2, -0.15) is 0 Å². The number of carboxylic acids is 1. The van der Waals surface area contributed by atoms with Crippen LogP contribution in [-0.4, -0.2) is 11.1 Å². The maximum atomic E-state index is 10.8. The molecule has 0 bridgehead atoms. The van der Waals surface area contributed by atoms with Crippen molar-refractivity contribution in [3.8, 4) is 0 Å². The fourth-order valence-electron chi connectivity index (χ4n) is 1.38. The quantitative estimate of drug-likeness (QED) is 0.672. The second-order valence-electron chi connectivity index (χ2n) is 2.81. The third-order valence-electron chi connectivity index (χ3n) is 1.99. The molecule has 3 heteroatoms. The molecule has 0 aliphatic carbocycles. The molecule has 0 amide bonds. The molecule has 1 unspecified atom stereocenters. The molecule has 2 N–H and O–H groups in total. The molecule has 1 atom stereocenters. The van der Waals surface area contributed by atoms with Crippen molar-refractivity contribution in [1.82, 2.24) is 5.32 Å². The highest BCUT2D eigenvalue weighted by Crippen LogP contribution is 2.22. The Hall–Kier alpha value is -1.77. The van der Waals surface area contributed by atoms with E-state index in [0.29, 0.717) is 0 Å². The number of nitrogens with one attached hydrogen (secondary N) is 1. The summed E-state index contributed by atoms with van der Waals surface area (Å²) >= 11 is 0. The van der Waals surface area contributed by atoms with E-state index in [2.05, 4.69) is 11.4 Å². The van der Waals surface area contributed by atoms with Crippen LogP contribution in [0.15, 0.2) is 24.4 Å². The van der Waals surface area contributed by atoms with Gasteiger partial charge in [0.1, 0.15) is 0 Å². The molecule has 1 aliphatic heterocycles. The zero-order valence-electron chi connectivity index (χ0n) is 6.82. The van der Waals surface area contributed by atoms with Crippen LogP contribution in [0.1, 0.15) is 17.2 Å². The van der Waals surface area contributed by atoms with Crippen molar-refractivity contribution in [2.45, 2.75) is 6.04 Å². The van der Waals surface area contributed by atoms with Crippen LogP contribution in [0.2, 0.25) is 0 Å². The number of hydrogen-bond acceptors (Lipinski definition) is 2. The van der Waals surface area contributed by atoms with Crippen LogP contribution in [-0.2, 0) is 4.79 Å². The monoisotopic (exact) mass is 174 g/mol. The predicted octanol–water partition coefficient (Wildman–Crippen LogP) is 1.19. The molecule has 2 rings (SSSR count). The van der Waals surface area contributed by atoms with Gasteiger partial charge in [-0.15, -0.1) is 0 Å². The van der Waals surface area contributed by atoms with Crippen LogP contribution in [0.5, 0.6) is 0 Å². The number of fused-ring (bicyclic) bond motifs is 1. The summed E-state index contributed by atoms with van der Waals surface area (Å²) in [5.41, 5.74) is 1.60. The standard InChI is InChI=1S/C10H8NO2/c12-10(13)9-8-4-2-1-3-7(8)5-6-11-9/h1-2,4-6,9,11H,(H,12,13). The first-order valence-corrected chi connectivity index (χ1v) is 3.95. The van der Waals surface area contributed by atoms with Crippen LogP contribution in [0.25, 0.3) is 6.08 Å². The van der Waals surface area contributed by atoms with Gasteiger partial charge in [0.15, 0.2) is 6.04 Å². The van der Waals surface area contributed by atoms with Crippen LogP contribution in [0.4, 0.5) is 0 Å². The topological polar surface area (TPSA) is 49.3 Å². The minimum atomic E-state index is -0.870. The molecule has 13 heavy (non-hydrogen) atoms. The van der Waals surface area contributed by atoms with Crippen molar-refractivity contribution in [2.75, 3.05) is 0 Å². The van der Waals surface area contributed by atoms with Crippen molar-refractivity contribution in [3.63, 3.8) is 0 Å². The highest BCUT2D eigenvalue weighted by atomic mass is 16.4. The lowest BCUT2D eigenvalue weighted by atomic mass is 9.98. The Bertz CT molecular complexity index is 371. The first-order chi connectivity index (χ1) is 6.29. The van der Waals surface area contributed by atoms with Crippen molar-refractivity contribution >= 4 is 12.0 Å². The van der Waals surface area contributed by atoms with E-state index in [1.54, 1.807) is 24.4 Å². The normalized spacial score (nSPS) is 18.9. The number of hydrogen-bond donors (Lipinski definition) is 2. The minimum absolute atomic E-state index is 0.641. The van der Waals surface area contributed by atoms with Crippen molar-refractivity contribution in [2.24, 2.45) is 0 Å². The molecule has 65 valence electrons. The average Bonchev–Trinajstić information content (AvgIpc) is 2.17. The van der Waals surface area contributed by atoms with Crippen molar-refractivity contribution < 1.29 is 9.90 Å². The number of rotatable bonds is 1. The average molecular weight is 174 g/mol. The summed E-state index contributed by atoms with van der Waals surface area (Å²) in [5.74, 6) is -0.870. The highest BCUT2D eigenvalue weighted by Gasteiger charge is 2.22. The summed E-state index contributed by atoms with van der Waals surface area (Å²) in [5, 5.41) is 11.6. The third-order valence-corrected chi connectivity index (χ3v) is 1.99. The van der Waals surface area contributed by atoms with Gasteiger partial charge in [-0.1, -0.05) is 18.2 Å². The molecule has 3 nitrogen and oxygen atoms in total. The van der Waals surface area contributed by atoms with Gasteiger partial charge in [-0.05, 0) is 29.5 Å². The Labute approximate surface area is 75.7 Å². The van der Waals surface area contributed by atoms with E-state index in [1.807, 2.05) is 6.08 Å². The van der Waals surface area contributed by atoms with Gasteiger partial charge in [-0.25, -0.2) is 4.79 Å². The van der Waals surface area contributed by atoms with E-state index < -0.39 is 12.0 Å². The Balaban J connectivity index is 2.49. The first kappa shape index (κ1) is 7.86. The van der Waals surface area contributed by atoms with E-state index in [0.717, 1.165) is 11.1 Å². The second-order valence-corrected chi connectivity index (χ2v) is 2.81. The number of carbonyl (C=O) groups is 1. The molecule has 0 spiro atoms. The molecule has 0 aromatic heterocycles. The van der Waals surface area contributed by atoms with E-state index >= 15 is 0 Å². The van der Waals surface area contributed by atoms with Gasteiger partial charge < -0.3 is 10.4 Å². The molecule has 1 heterocycles. The summed E-state index contributed by atoms with van der Waals surface area (Å²) in [6.07, 6.45) is 3.45. The van der Waals surface area contributed by atoms with Gasteiger partial charge in [0.25, 0.3) is 0 Å². The maximum absolute atomic E-state index is 10.8. The highest BCUT2D eigenvalue weighted by molar-refractivity contribution is 5.79. The summed E-state index contributed by atoms with van der Waals surface area (Å²) in [4.78, 5) is 10.8. The first-order valence-electron chi connectivity index (χ1n) is 3.95. The van der Waals surface area contributed by atoms with Gasteiger partial charge in [0.05, 0.1) is 0 Å². The minimum Gasteiger partial charge on any atom is -0.479 e. The van der Waals surface area contributed by atoms with Crippen LogP contribution in [0, 0.1) is 6.07 Å². The zero-order valence-corrected chi connectivity index (χ0v) is 6.82. The zero-order chi connectivity index (χ0) is 9.26. The number of aliphatic carboxylic acids is 1. The molecule has 0 fully saturated rings. The molecule has 1 radical (unpaired) electrons. The lowest BCUT2D eigenvalue weighted by molar-refractivity contribution is -0.139. The fraction of sp³-hybridized carbons (Fsp3) is 0.100. The van der Waals surface area contributed by atoms with Gasteiger partial charge >= 0.3 is 5.97 Å². The number of benzene rings is 1. The molecule has 1 aromatic rings. The lowest BCUT2D eigenvalue weighted by Gasteiger charge is -2.19. The molecular formula is C10H8NO2. The van der Waals surface area contributed by atoms with Gasteiger partial charge in [0.2, 0.25) is 0 Å².